The first-order chi connectivity index (χ1) is 12.8. The molecule has 0 aliphatic heterocycles. The predicted molar refractivity (Wildman–Crippen MR) is 102 cm³/mol. The van der Waals surface area contributed by atoms with Crippen molar-refractivity contribution in [1.29, 1.82) is 0 Å². The monoisotopic (exact) mass is 370 g/mol. The Bertz CT molecular complexity index is 722. The highest BCUT2D eigenvalue weighted by Gasteiger charge is 2.12. The summed E-state index contributed by atoms with van der Waals surface area (Å²) in [5.74, 6) is 0.132. The fourth-order valence-electron chi connectivity index (χ4n) is 2.16. The molecule has 0 saturated heterocycles. The molecule has 0 atom stereocenters. The molecule has 0 radical (unpaired) electrons. The van der Waals surface area contributed by atoms with Gasteiger partial charge in [-0.25, -0.2) is 9.59 Å². The normalized spacial score (nSPS) is 10.4. The second kappa shape index (κ2) is 9.66. The van der Waals surface area contributed by atoms with Crippen LogP contribution in [0.3, 0.4) is 0 Å². The molecule has 0 spiro atoms. The molecule has 0 bridgehead atoms. The van der Waals surface area contributed by atoms with Gasteiger partial charge in [-0.1, -0.05) is 12.1 Å². The van der Waals surface area contributed by atoms with Crippen molar-refractivity contribution in [2.75, 3.05) is 0 Å². The van der Waals surface area contributed by atoms with Crippen molar-refractivity contribution in [3.05, 3.63) is 59.7 Å². The summed E-state index contributed by atoms with van der Waals surface area (Å²) in [7, 11) is -0.0780. The molecule has 0 N–H and O–H groups in total. The van der Waals surface area contributed by atoms with Gasteiger partial charge >= 0.3 is 19.6 Å². The molecular weight excluding hydrogens is 347 g/mol. The highest BCUT2D eigenvalue weighted by Crippen LogP contribution is 2.17. The van der Waals surface area contributed by atoms with Crippen LogP contribution in [-0.2, 0) is 9.47 Å². The fraction of sp³-hybridized carbons (Fsp3) is 0.300. The zero-order valence-electron chi connectivity index (χ0n) is 15.9. The second-order valence-electron chi connectivity index (χ2n) is 6.37. The van der Waals surface area contributed by atoms with Gasteiger partial charge in [0.1, 0.15) is 11.5 Å². The summed E-state index contributed by atoms with van der Waals surface area (Å²) in [4.78, 5) is 23.9. The third-order valence-electron chi connectivity index (χ3n) is 3.28. The van der Waals surface area contributed by atoms with E-state index in [2.05, 4.69) is 0 Å². The molecule has 0 aliphatic rings. The number of esters is 2. The van der Waals surface area contributed by atoms with Crippen molar-refractivity contribution in [3.63, 3.8) is 0 Å². The van der Waals surface area contributed by atoms with Crippen LogP contribution in [0.2, 0.25) is 0 Å². The Hall–Kier alpha value is -2.96. The quantitative estimate of drug-likeness (QED) is 0.523. The maximum absolute atomic E-state index is 11.9. The standard InChI is InChI=1S/C20H23BO6/c1-13(2)24-19(22)15-7-5-9-17(11-15)26-21-27-18-10-6-8-16(12-18)20(23)25-14(3)4/h5-14,21H,1-4H3. The highest BCUT2D eigenvalue weighted by molar-refractivity contribution is 6.20. The number of hydrogen-bond donors (Lipinski definition) is 0. The average molecular weight is 370 g/mol. The molecule has 2 aromatic rings. The molecule has 0 fully saturated rings. The molecular formula is C20H23BO6. The summed E-state index contributed by atoms with van der Waals surface area (Å²) in [6.07, 6.45) is -0.389. The topological polar surface area (TPSA) is 71.1 Å². The van der Waals surface area contributed by atoms with Crippen LogP contribution >= 0.6 is 0 Å². The lowest BCUT2D eigenvalue weighted by molar-refractivity contribution is 0.0367. The van der Waals surface area contributed by atoms with Gasteiger partial charge in [0.2, 0.25) is 0 Å². The third-order valence-corrected chi connectivity index (χ3v) is 3.28. The van der Waals surface area contributed by atoms with E-state index in [9.17, 15) is 9.59 Å². The summed E-state index contributed by atoms with van der Waals surface area (Å²) in [6.45, 7) is 7.16. The van der Waals surface area contributed by atoms with E-state index in [1.54, 1.807) is 76.2 Å². The van der Waals surface area contributed by atoms with E-state index in [4.69, 9.17) is 18.8 Å². The minimum Gasteiger partial charge on any atom is -0.528 e. The van der Waals surface area contributed by atoms with Crippen LogP contribution in [0.4, 0.5) is 0 Å². The average Bonchev–Trinajstić information content (AvgIpc) is 2.61. The van der Waals surface area contributed by atoms with Crippen LogP contribution in [0.5, 0.6) is 11.5 Å². The van der Waals surface area contributed by atoms with Crippen molar-refractivity contribution < 1.29 is 28.4 Å². The Morgan fingerprint density at radius 3 is 1.52 bits per heavy atom. The molecule has 27 heavy (non-hydrogen) atoms. The van der Waals surface area contributed by atoms with Gasteiger partial charge in [0.15, 0.2) is 0 Å². The molecule has 2 aromatic carbocycles. The van der Waals surface area contributed by atoms with Crippen LogP contribution < -0.4 is 9.31 Å². The SMILES string of the molecule is CC(C)OC(=O)c1cccc(OBOc2cccc(C(=O)OC(C)C)c2)c1. The first kappa shape index (κ1) is 20.4. The summed E-state index contributed by atoms with van der Waals surface area (Å²) < 4.78 is 21.4. The Labute approximate surface area is 159 Å². The lowest BCUT2D eigenvalue weighted by Crippen LogP contribution is -2.14. The third kappa shape index (κ3) is 6.69. The van der Waals surface area contributed by atoms with Crippen LogP contribution in [0.15, 0.2) is 48.5 Å². The molecule has 0 unspecified atom stereocenters. The van der Waals surface area contributed by atoms with Crippen molar-refractivity contribution >= 4 is 19.6 Å². The number of hydrogen-bond acceptors (Lipinski definition) is 6. The highest BCUT2D eigenvalue weighted by atomic mass is 16.6. The summed E-state index contributed by atoms with van der Waals surface area (Å²) in [6, 6.07) is 13.3. The Kier molecular flexibility index (Phi) is 7.29. The number of ether oxygens (including phenoxy) is 2. The van der Waals surface area contributed by atoms with Gasteiger partial charge in [-0.3, -0.25) is 0 Å². The van der Waals surface area contributed by atoms with Gasteiger partial charge in [0.05, 0.1) is 23.3 Å². The number of rotatable bonds is 8. The van der Waals surface area contributed by atoms with E-state index in [1.165, 1.54) is 0 Å². The summed E-state index contributed by atoms with van der Waals surface area (Å²) in [5, 5.41) is 0. The number of carbonyl (C=O) groups excluding carboxylic acids is 2. The summed E-state index contributed by atoms with van der Waals surface area (Å²) >= 11 is 0. The lowest BCUT2D eigenvalue weighted by Gasteiger charge is -2.11. The maximum Gasteiger partial charge on any atom is 0.576 e. The lowest BCUT2D eigenvalue weighted by atomic mass is 10.2. The smallest absolute Gasteiger partial charge is 0.528 e. The zero-order valence-corrected chi connectivity index (χ0v) is 15.9. The number of benzene rings is 2. The van der Waals surface area contributed by atoms with Crippen molar-refractivity contribution in [2.24, 2.45) is 0 Å². The van der Waals surface area contributed by atoms with E-state index in [-0.39, 0.29) is 19.9 Å². The minimum absolute atomic E-state index is 0.0780. The predicted octanol–water partition coefficient (Wildman–Crippen LogP) is 3.54. The summed E-state index contributed by atoms with van der Waals surface area (Å²) in [5.41, 5.74) is 0.805. The van der Waals surface area contributed by atoms with Crippen molar-refractivity contribution in [2.45, 2.75) is 39.9 Å². The Morgan fingerprint density at radius 2 is 1.15 bits per heavy atom. The second-order valence-corrected chi connectivity index (χ2v) is 6.37. The van der Waals surface area contributed by atoms with Crippen LogP contribution in [0.1, 0.15) is 48.4 Å². The Balaban J connectivity index is 1.93. The van der Waals surface area contributed by atoms with Gasteiger partial charge in [-0.15, -0.1) is 0 Å². The van der Waals surface area contributed by atoms with E-state index < -0.39 is 11.9 Å². The number of carbonyl (C=O) groups is 2. The first-order valence-corrected chi connectivity index (χ1v) is 8.73. The van der Waals surface area contributed by atoms with E-state index >= 15 is 0 Å². The maximum atomic E-state index is 11.9. The fourth-order valence-corrected chi connectivity index (χ4v) is 2.16. The molecule has 0 heterocycles. The van der Waals surface area contributed by atoms with Gasteiger partial charge in [0, 0.05) is 0 Å². The molecule has 2 rings (SSSR count). The molecule has 0 aliphatic carbocycles. The van der Waals surface area contributed by atoms with E-state index in [0.717, 1.165) is 0 Å². The van der Waals surface area contributed by atoms with Gasteiger partial charge < -0.3 is 18.8 Å². The zero-order chi connectivity index (χ0) is 19.8. The largest absolute Gasteiger partial charge is 0.576 e. The van der Waals surface area contributed by atoms with E-state index in [1.807, 2.05) is 0 Å². The minimum atomic E-state index is -0.410. The van der Waals surface area contributed by atoms with Crippen molar-refractivity contribution in [3.8, 4) is 11.5 Å². The molecule has 6 nitrogen and oxygen atoms in total. The van der Waals surface area contributed by atoms with Gasteiger partial charge in [-0.2, -0.15) is 0 Å². The first-order valence-electron chi connectivity index (χ1n) is 8.73. The van der Waals surface area contributed by atoms with Crippen LogP contribution in [-0.4, -0.2) is 31.8 Å². The van der Waals surface area contributed by atoms with Gasteiger partial charge in [-0.05, 0) is 64.1 Å². The molecule has 0 saturated carbocycles. The molecule has 0 amide bonds. The molecule has 142 valence electrons. The van der Waals surface area contributed by atoms with Crippen molar-refractivity contribution in [1.82, 2.24) is 0 Å². The van der Waals surface area contributed by atoms with E-state index in [0.29, 0.717) is 22.6 Å². The van der Waals surface area contributed by atoms with Crippen LogP contribution in [0, 0.1) is 0 Å². The van der Waals surface area contributed by atoms with Gasteiger partial charge in [0.25, 0.3) is 0 Å². The van der Waals surface area contributed by atoms with Crippen LogP contribution in [0.25, 0.3) is 0 Å². The molecule has 7 heteroatoms. The molecule has 0 aromatic heterocycles. The Morgan fingerprint density at radius 1 is 0.741 bits per heavy atom.